The molecule has 0 N–H and O–H groups in total. The van der Waals surface area contributed by atoms with E-state index in [0.717, 1.165) is 83.8 Å². The van der Waals surface area contributed by atoms with Gasteiger partial charge in [0, 0.05) is 39.0 Å². The van der Waals surface area contributed by atoms with Crippen LogP contribution in [0.2, 0.25) is 0 Å². The Hall–Kier alpha value is -1.71. The number of hydrogen-bond acceptors (Lipinski definition) is 9. The summed E-state index contributed by atoms with van der Waals surface area (Å²) in [7, 11) is 0. The first-order valence-electron chi connectivity index (χ1n) is 23.1. The van der Waals surface area contributed by atoms with Crippen molar-refractivity contribution in [2.24, 2.45) is 0 Å². The molecule has 0 bridgehead atoms. The molecule has 0 aromatic rings. The second kappa shape index (κ2) is 33.4. The number of ether oxygens (including phenoxy) is 4. The second-order valence-corrected chi connectivity index (χ2v) is 16.2. The highest BCUT2D eigenvalue weighted by atomic mass is 16.5. The van der Waals surface area contributed by atoms with Gasteiger partial charge in [0.2, 0.25) is 0 Å². The summed E-state index contributed by atoms with van der Waals surface area (Å²) in [5.41, 5.74) is 0. The van der Waals surface area contributed by atoms with E-state index in [9.17, 15) is 14.4 Å². The molecule has 0 spiro atoms. The van der Waals surface area contributed by atoms with Crippen LogP contribution < -0.4 is 0 Å². The van der Waals surface area contributed by atoms with E-state index in [4.69, 9.17) is 18.9 Å². The lowest BCUT2D eigenvalue weighted by molar-refractivity contribution is -0.150. The van der Waals surface area contributed by atoms with Crippen molar-refractivity contribution < 1.29 is 33.3 Å². The van der Waals surface area contributed by atoms with Crippen LogP contribution in [0.5, 0.6) is 0 Å². The van der Waals surface area contributed by atoms with Crippen molar-refractivity contribution in [1.29, 1.82) is 0 Å². The SMILES string of the molecule is CCCCCCCCC(CCCCCC)OC(=O)CCCCOC(=O)[C@@H]1CC(OCCCN2CCCC2)CN1CCCCCC(=O)OCCCCCCC. The molecule has 2 saturated heterocycles. The van der Waals surface area contributed by atoms with Crippen LogP contribution in [0.4, 0.5) is 0 Å². The van der Waals surface area contributed by atoms with Crippen molar-refractivity contribution in [2.75, 3.05) is 52.5 Å². The van der Waals surface area contributed by atoms with Crippen LogP contribution >= 0.6 is 0 Å². The summed E-state index contributed by atoms with van der Waals surface area (Å²) in [5, 5.41) is 0. The van der Waals surface area contributed by atoms with Crippen molar-refractivity contribution in [2.45, 2.75) is 219 Å². The zero-order valence-electron chi connectivity index (χ0n) is 35.4. The monoisotopic (exact) mass is 765 g/mol. The minimum absolute atomic E-state index is 0.0226. The summed E-state index contributed by atoms with van der Waals surface area (Å²) in [6.07, 6.45) is 29.0. The topological polar surface area (TPSA) is 94.6 Å². The Kier molecular flexibility index (Phi) is 30.0. The highest BCUT2D eigenvalue weighted by Gasteiger charge is 2.38. The average molecular weight is 765 g/mol. The molecule has 2 aliphatic heterocycles. The van der Waals surface area contributed by atoms with Gasteiger partial charge in [0.05, 0.1) is 19.3 Å². The largest absolute Gasteiger partial charge is 0.466 e. The molecular formula is C45H84N2O7. The van der Waals surface area contributed by atoms with Gasteiger partial charge >= 0.3 is 17.9 Å². The third-order valence-electron chi connectivity index (χ3n) is 11.2. The van der Waals surface area contributed by atoms with Gasteiger partial charge in [-0.25, -0.2) is 0 Å². The number of esters is 3. The Bertz CT molecular complexity index is 928. The van der Waals surface area contributed by atoms with Crippen LogP contribution in [0.3, 0.4) is 0 Å². The van der Waals surface area contributed by atoms with Crippen LogP contribution in [0.25, 0.3) is 0 Å². The maximum absolute atomic E-state index is 13.4. The molecule has 9 nitrogen and oxygen atoms in total. The predicted octanol–water partition coefficient (Wildman–Crippen LogP) is 10.4. The summed E-state index contributed by atoms with van der Waals surface area (Å²) in [4.78, 5) is 43.0. The number of carbonyl (C=O) groups is 3. The minimum Gasteiger partial charge on any atom is -0.466 e. The van der Waals surface area contributed by atoms with Gasteiger partial charge < -0.3 is 23.8 Å². The lowest BCUT2D eigenvalue weighted by Crippen LogP contribution is -2.38. The van der Waals surface area contributed by atoms with Crippen molar-refractivity contribution >= 4 is 17.9 Å². The first-order chi connectivity index (χ1) is 26.5. The number of carbonyl (C=O) groups excluding carboxylic acids is 3. The van der Waals surface area contributed by atoms with Gasteiger partial charge in [-0.1, -0.05) is 104 Å². The highest BCUT2D eigenvalue weighted by molar-refractivity contribution is 5.76. The van der Waals surface area contributed by atoms with Crippen molar-refractivity contribution in [3.05, 3.63) is 0 Å². The van der Waals surface area contributed by atoms with Crippen molar-refractivity contribution in [3.8, 4) is 0 Å². The molecule has 0 aromatic heterocycles. The Morgan fingerprint density at radius 2 is 1.13 bits per heavy atom. The van der Waals surface area contributed by atoms with E-state index >= 15 is 0 Å². The van der Waals surface area contributed by atoms with E-state index < -0.39 is 0 Å². The molecule has 54 heavy (non-hydrogen) atoms. The summed E-state index contributed by atoms with van der Waals surface area (Å²) in [5.74, 6) is -0.399. The standard InChI is InChI=1S/C45H84N2O7/c1-4-7-10-13-14-18-28-40(27-17-12-9-6-3)54-44(49)30-20-25-36-53-45(50)42-38-41(51-37-26-33-46-31-22-23-32-46)39-47(42)34-21-16-19-29-43(48)52-35-24-15-11-8-5-2/h40-42H,4-39H2,1-3H3/t40?,41?,42-/m0/s1. The fourth-order valence-corrected chi connectivity index (χ4v) is 7.84. The summed E-state index contributed by atoms with van der Waals surface area (Å²) >= 11 is 0. The maximum atomic E-state index is 13.4. The molecule has 0 amide bonds. The van der Waals surface area contributed by atoms with Crippen LogP contribution in [0, 0.1) is 0 Å². The first kappa shape index (κ1) is 48.4. The van der Waals surface area contributed by atoms with Gasteiger partial charge in [-0.2, -0.15) is 0 Å². The Labute approximate surface area is 331 Å². The van der Waals surface area contributed by atoms with Crippen molar-refractivity contribution in [3.63, 3.8) is 0 Å². The molecule has 316 valence electrons. The lowest BCUT2D eigenvalue weighted by atomic mass is 10.0. The maximum Gasteiger partial charge on any atom is 0.323 e. The molecule has 0 aliphatic carbocycles. The van der Waals surface area contributed by atoms with Gasteiger partial charge in [-0.3, -0.25) is 19.3 Å². The van der Waals surface area contributed by atoms with Gasteiger partial charge in [0.15, 0.2) is 0 Å². The van der Waals surface area contributed by atoms with Crippen molar-refractivity contribution in [1.82, 2.24) is 9.80 Å². The molecule has 2 fully saturated rings. The first-order valence-corrected chi connectivity index (χ1v) is 23.1. The third kappa shape index (κ3) is 24.7. The van der Waals surface area contributed by atoms with E-state index in [1.165, 1.54) is 96.6 Å². The smallest absolute Gasteiger partial charge is 0.323 e. The van der Waals surface area contributed by atoms with Gasteiger partial charge in [0.25, 0.3) is 0 Å². The van der Waals surface area contributed by atoms with E-state index in [1.807, 2.05) is 0 Å². The highest BCUT2D eigenvalue weighted by Crippen LogP contribution is 2.24. The Morgan fingerprint density at radius 1 is 0.574 bits per heavy atom. The third-order valence-corrected chi connectivity index (χ3v) is 11.2. The Morgan fingerprint density at radius 3 is 1.83 bits per heavy atom. The number of hydrogen-bond donors (Lipinski definition) is 0. The number of unbranched alkanes of at least 4 members (excludes halogenated alkanes) is 15. The van der Waals surface area contributed by atoms with Crippen LogP contribution in [0.15, 0.2) is 0 Å². The van der Waals surface area contributed by atoms with E-state index in [2.05, 4.69) is 30.6 Å². The molecule has 2 aliphatic rings. The van der Waals surface area contributed by atoms with E-state index in [1.54, 1.807) is 0 Å². The molecule has 2 heterocycles. The second-order valence-electron chi connectivity index (χ2n) is 16.2. The quantitative estimate of drug-likeness (QED) is 0.0351. The molecule has 0 saturated carbocycles. The number of nitrogens with zero attached hydrogens (tertiary/aromatic N) is 2. The number of likely N-dealkylation sites (tertiary alicyclic amines) is 2. The van der Waals surface area contributed by atoms with E-state index in [0.29, 0.717) is 51.9 Å². The minimum atomic E-state index is -0.313. The fraction of sp³-hybridized carbons (Fsp3) is 0.933. The van der Waals surface area contributed by atoms with Crippen LogP contribution in [0.1, 0.15) is 201 Å². The average Bonchev–Trinajstić information content (AvgIpc) is 3.84. The molecule has 2 unspecified atom stereocenters. The normalized spacial score (nSPS) is 18.3. The predicted molar refractivity (Wildman–Crippen MR) is 220 cm³/mol. The van der Waals surface area contributed by atoms with Gasteiger partial charge in [-0.05, 0) is 96.7 Å². The molecule has 3 atom stereocenters. The van der Waals surface area contributed by atoms with Crippen LogP contribution in [-0.4, -0.2) is 98.5 Å². The van der Waals surface area contributed by atoms with Crippen LogP contribution in [-0.2, 0) is 33.3 Å². The fourth-order valence-electron chi connectivity index (χ4n) is 7.84. The zero-order chi connectivity index (χ0) is 38.9. The van der Waals surface area contributed by atoms with E-state index in [-0.39, 0.29) is 36.2 Å². The number of rotatable bonds is 36. The lowest BCUT2D eigenvalue weighted by Gasteiger charge is -2.22. The summed E-state index contributed by atoms with van der Waals surface area (Å²) in [6, 6.07) is -0.313. The summed E-state index contributed by atoms with van der Waals surface area (Å²) in [6.45, 7) is 13.2. The molecule has 0 aromatic carbocycles. The molecule has 9 heteroatoms. The molecule has 2 rings (SSSR count). The molecular weight excluding hydrogens is 681 g/mol. The Balaban J connectivity index is 1.72. The summed E-state index contributed by atoms with van der Waals surface area (Å²) < 4.78 is 23.5. The van der Waals surface area contributed by atoms with Gasteiger partial charge in [-0.15, -0.1) is 0 Å². The van der Waals surface area contributed by atoms with Gasteiger partial charge in [0.1, 0.15) is 12.1 Å². The zero-order valence-corrected chi connectivity index (χ0v) is 35.4. The molecule has 0 radical (unpaired) electrons.